The van der Waals surface area contributed by atoms with Crippen LogP contribution in [0.3, 0.4) is 0 Å². The minimum absolute atomic E-state index is 0.0945. The Morgan fingerprint density at radius 3 is 2.69 bits per heavy atom. The SMILES string of the molecule is CCCCSc1nc2c(c(=O)[nH]1)C(c1ccncc1)C1=C(CC(C)(C)CC1=O)N2. The van der Waals surface area contributed by atoms with Gasteiger partial charge in [0.1, 0.15) is 5.82 Å². The Balaban J connectivity index is 1.85. The first-order chi connectivity index (χ1) is 13.9. The van der Waals surface area contributed by atoms with Gasteiger partial charge in [0.2, 0.25) is 0 Å². The first-order valence-corrected chi connectivity index (χ1v) is 11.1. The second kappa shape index (κ2) is 7.78. The standard InChI is InChI=1S/C22H26N4O2S/c1-4-5-10-29-21-25-19-18(20(28)26-21)16(13-6-8-23-9-7-13)17-14(24-19)11-22(2,3)12-15(17)27/h6-9,16H,4-5,10-12H2,1-3H3,(H2,24,25,26,28). The van der Waals surface area contributed by atoms with E-state index in [2.05, 4.69) is 36.1 Å². The van der Waals surface area contributed by atoms with Gasteiger partial charge in [0.05, 0.1) is 5.56 Å². The lowest BCUT2D eigenvalue weighted by Crippen LogP contribution is -2.37. The molecule has 0 amide bonds. The van der Waals surface area contributed by atoms with Crippen LogP contribution < -0.4 is 10.9 Å². The minimum atomic E-state index is -0.418. The first-order valence-electron chi connectivity index (χ1n) is 10.1. The number of H-pyrrole nitrogens is 1. The Hall–Kier alpha value is -2.41. The number of aromatic nitrogens is 3. The van der Waals surface area contributed by atoms with E-state index in [1.165, 1.54) is 0 Å². The molecule has 3 heterocycles. The van der Waals surface area contributed by atoms with E-state index in [4.69, 9.17) is 4.98 Å². The van der Waals surface area contributed by atoms with Gasteiger partial charge in [-0.2, -0.15) is 0 Å². The van der Waals surface area contributed by atoms with Gasteiger partial charge in [-0.15, -0.1) is 0 Å². The number of pyridine rings is 1. The van der Waals surface area contributed by atoms with E-state index in [0.29, 0.717) is 28.5 Å². The van der Waals surface area contributed by atoms with Gasteiger partial charge in [-0.3, -0.25) is 14.6 Å². The van der Waals surface area contributed by atoms with E-state index >= 15 is 0 Å². The summed E-state index contributed by atoms with van der Waals surface area (Å²) in [5, 5.41) is 3.97. The molecule has 0 radical (unpaired) electrons. The molecule has 0 saturated heterocycles. The summed E-state index contributed by atoms with van der Waals surface area (Å²) in [5.74, 6) is 1.15. The number of ketones is 1. The molecule has 0 aromatic carbocycles. The van der Waals surface area contributed by atoms with Crippen LogP contribution in [-0.4, -0.2) is 26.5 Å². The van der Waals surface area contributed by atoms with Gasteiger partial charge in [-0.05, 0) is 36.0 Å². The number of nitrogens with one attached hydrogen (secondary N) is 2. The summed E-state index contributed by atoms with van der Waals surface area (Å²) in [7, 11) is 0. The molecular formula is C22H26N4O2S. The van der Waals surface area contributed by atoms with Gasteiger partial charge in [0.25, 0.3) is 5.56 Å². The van der Waals surface area contributed by atoms with Gasteiger partial charge < -0.3 is 10.3 Å². The molecule has 29 heavy (non-hydrogen) atoms. The maximum atomic E-state index is 13.1. The van der Waals surface area contributed by atoms with Crippen LogP contribution in [0.2, 0.25) is 0 Å². The van der Waals surface area contributed by atoms with Crippen molar-refractivity contribution >= 4 is 23.4 Å². The second-order valence-corrected chi connectivity index (χ2v) is 9.59. The lowest BCUT2D eigenvalue weighted by molar-refractivity contribution is -0.118. The van der Waals surface area contributed by atoms with Crippen molar-refractivity contribution in [3.63, 3.8) is 0 Å². The molecule has 4 rings (SSSR count). The number of carbonyl (C=O) groups is 1. The lowest BCUT2D eigenvalue weighted by Gasteiger charge is -2.38. The quantitative estimate of drug-likeness (QED) is 0.435. The normalized spacial score (nSPS) is 20.1. The number of Topliss-reactive ketones (excluding diaryl/α,β-unsaturated/α-hetero) is 1. The van der Waals surface area contributed by atoms with Crippen LogP contribution in [0.1, 0.15) is 63.5 Å². The topological polar surface area (TPSA) is 87.7 Å². The van der Waals surface area contributed by atoms with E-state index < -0.39 is 5.92 Å². The summed E-state index contributed by atoms with van der Waals surface area (Å²) in [4.78, 5) is 38.0. The van der Waals surface area contributed by atoms with Crippen LogP contribution in [0, 0.1) is 5.41 Å². The fourth-order valence-corrected chi connectivity index (χ4v) is 5.11. The highest BCUT2D eigenvalue weighted by molar-refractivity contribution is 7.99. The maximum absolute atomic E-state index is 13.1. The zero-order valence-electron chi connectivity index (χ0n) is 17.0. The number of carbonyl (C=O) groups excluding carboxylic acids is 1. The van der Waals surface area contributed by atoms with Crippen LogP contribution in [0.15, 0.2) is 45.7 Å². The van der Waals surface area contributed by atoms with Crippen molar-refractivity contribution in [1.29, 1.82) is 0 Å². The molecular weight excluding hydrogens is 384 g/mol. The first kappa shape index (κ1) is 19.9. The van der Waals surface area contributed by atoms with E-state index in [9.17, 15) is 9.59 Å². The number of nitrogens with zero attached hydrogens (tertiary/aromatic N) is 2. The number of aromatic amines is 1. The van der Waals surface area contributed by atoms with Crippen molar-refractivity contribution in [2.75, 3.05) is 11.1 Å². The minimum Gasteiger partial charge on any atom is -0.343 e. The highest BCUT2D eigenvalue weighted by Crippen LogP contribution is 2.47. The molecule has 0 saturated carbocycles. The largest absolute Gasteiger partial charge is 0.343 e. The number of thioether (sulfide) groups is 1. The summed E-state index contributed by atoms with van der Waals surface area (Å²) in [6.45, 7) is 6.34. The molecule has 152 valence electrons. The van der Waals surface area contributed by atoms with Crippen molar-refractivity contribution in [3.8, 4) is 0 Å². The molecule has 1 aliphatic carbocycles. The third-order valence-electron chi connectivity index (χ3n) is 5.48. The Labute approximate surface area is 174 Å². The van der Waals surface area contributed by atoms with E-state index in [1.807, 2.05) is 12.1 Å². The summed E-state index contributed by atoms with van der Waals surface area (Å²) >= 11 is 1.56. The molecule has 1 aliphatic heterocycles. The Morgan fingerprint density at radius 1 is 1.21 bits per heavy atom. The predicted molar refractivity (Wildman–Crippen MR) is 115 cm³/mol. The average molecular weight is 411 g/mol. The van der Waals surface area contributed by atoms with E-state index in [-0.39, 0.29) is 16.8 Å². The monoisotopic (exact) mass is 410 g/mol. The van der Waals surface area contributed by atoms with Crippen LogP contribution in [0.4, 0.5) is 5.82 Å². The third-order valence-corrected chi connectivity index (χ3v) is 6.44. The fourth-order valence-electron chi connectivity index (χ4n) is 4.16. The van der Waals surface area contributed by atoms with Crippen molar-refractivity contribution < 1.29 is 4.79 Å². The second-order valence-electron chi connectivity index (χ2n) is 8.51. The molecule has 2 aromatic rings. The highest BCUT2D eigenvalue weighted by atomic mass is 32.2. The fraction of sp³-hybridized carbons (Fsp3) is 0.455. The number of anilines is 1. The summed E-state index contributed by atoms with van der Waals surface area (Å²) < 4.78 is 0. The van der Waals surface area contributed by atoms with Crippen LogP contribution >= 0.6 is 11.8 Å². The van der Waals surface area contributed by atoms with Crippen molar-refractivity contribution in [3.05, 3.63) is 57.3 Å². The molecule has 6 nitrogen and oxygen atoms in total. The zero-order valence-corrected chi connectivity index (χ0v) is 17.9. The third kappa shape index (κ3) is 3.88. The number of hydrogen-bond acceptors (Lipinski definition) is 6. The number of unbranched alkanes of at least 4 members (excludes halogenated alkanes) is 1. The lowest BCUT2D eigenvalue weighted by atomic mass is 9.69. The van der Waals surface area contributed by atoms with Gasteiger partial charge in [0.15, 0.2) is 10.9 Å². The Kier molecular flexibility index (Phi) is 5.34. The Bertz CT molecular complexity index is 1030. The molecule has 2 aliphatic rings. The number of allylic oxidation sites excluding steroid dienone is 2. The molecule has 0 spiro atoms. The molecule has 1 unspecified atom stereocenters. The number of hydrogen-bond donors (Lipinski definition) is 2. The van der Waals surface area contributed by atoms with Crippen LogP contribution in [-0.2, 0) is 4.79 Å². The molecule has 7 heteroatoms. The predicted octanol–water partition coefficient (Wildman–Crippen LogP) is 4.26. The van der Waals surface area contributed by atoms with Crippen molar-refractivity contribution in [2.24, 2.45) is 5.41 Å². The van der Waals surface area contributed by atoms with Crippen LogP contribution in [0.5, 0.6) is 0 Å². The molecule has 0 fully saturated rings. The molecule has 0 bridgehead atoms. The van der Waals surface area contributed by atoms with Gasteiger partial charge >= 0.3 is 0 Å². The van der Waals surface area contributed by atoms with Gasteiger partial charge in [0, 0.05) is 41.8 Å². The van der Waals surface area contributed by atoms with Crippen molar-refractivity contribution in [2.45, 2.75) is 57.5 Å². The smallest absolute Gasteiger partial charge is 0.257 e. The molecule has 2 aromatic heterocycles. The molecule has 2 N–H and O–H groups in total. The average Bonchev–Trinajstić information content (AvgIpc) is 2.66. The highest BCUT2D eigenvalue weighted by Gasteiger charge is 2.42. The number of rotatable bonds is 5. The van der Waals surface area contributed by atoms with E-state index in [1.54, 1.807) is 24.2 Å². The summed E-state index contributed by atoms with van der Waals surface area (Å²) in [5.41, 5.74) is 2.69. The zero-order chi connectivity index (χ0) is 20.6. The Morgan fingerprint density at radius 2 is 1.97 bits per heavy atom. The maximum Gasteiger partial charge on any atom is 0.257 e. The van der Waals surface area contributed by atoms with E-state index in [0.717, 1.165) is 36.3 Å². The van der Waals surface area contributed by atoms with Crippen molar-refractivity contribution in [1.82, 2.24) is 15.0 Å². The van der Waals surface area contributed by atoms with Crippen LogP contribution in [0.25, 0.3) is 0 Å². The number of fused-ring (bicyclic) bond motifs is 1. The summed E-state index contributed by atoms with van der Waals surface area (Å²) in [6.07, 6.45) is 6.79. The van der Waals surface area contributed by atoms with Gasteiger partial charge in [-0.1, -0.05) is 39.0 Å². The summed E-state index contributed by atoms with van der Waals surface area (Å²) in [6, 6.07) is 3.75. The molecule has 1 atom stereocenters. The van der Waals surface area contributed by atoms with Gasteiger partial charge in [-0.25, -0.2) is 4.98 Å².